The number of aromatic nitrogens is 6. The maximum atomic E-state index is 13.2. The number of rotatable bonds is 5. The number of pyridine rings is 1. The van der Waals surface area contributed by atoms with Crippen LogP contribution < -0.4 is 5.32 Å². The van der Waals surface area contributed by atoms with E-state index in [4.69, 9.17) is 0 Å². The van der Waals surface area contributed by atoms with E-state index in [0.29, 0.717) is 12.8 Å². The predicted octanol–water partition coefficient (Wildman–Crippen LogP) is 2.28. The number of fused-ring (bicyclic) bond motifs is 2. The van der Waals surface area contributed by atoms with Crippen LogP contribution in [0.15, 0.2) is 29.6 Å². The van der Waals surface area contributed by atoms with Gasteiger partial charge in [-0.3, -0.25) is 4.79 Å². The van der Waals surface area contributed by atoms with Crippen LogP contribution in [0.25, 0.3) is 28.1 Å². The molecule has 0 saturated heterocycles. The van der Waals surface area contributed by atoms with Crippen molar-refractivity contribution in [3.05, 3.63) is 35.9 Å². The van der Waals surface area contributed by atoms with E-state index in [2.05, 4.69) is 25.4 Å². The molecule has 4 aromatic heterocycles. The molecule has 0 aromatic carbocycles. The van der Waals surface area contributed by atoms with Crippen LogP contribution in [0.2, 0.25) is 0 Å². The first kappa shape index (κ1) is 23.7. The number of hydrogen-bond donors (Lipinski definition) is 1. The predicted molar refractivity (Wildman–Crippen MR) is 118 cm³/mol. The fraction of sp³-hybridized carbons (Fsp3) is 0.333. The summed E-state index contributed by atoms with van der Waals surface area (Å²) in [6.07, 6.45) is -1.46. The number of carbonyl (C=O) groups is 1. The first-order valence-electron chi connectivity index (χ1n) is 10.6. The number of imidazole rings is 1. The van der Waals surface area contributed by atoms with Gasteiger partial charge in [-0.25, -0.2) is 27.9 Å². The van der Waals surface area contributed by atoms with Crippen molar-refractivity contribution in [3.63, 3.8) is 0 Å². The lowest BCUT2D eigenvalue weighted by molar-refractivity contribution is -0.141. The van der Waals surface area contributed by atoms with Gasteiger partial charge in [0, 0.05) is 13.2 Å². The van der Waals surface area contributed by atoms with Crippen LogP contribution in [0.5, 0.6) is 0 Å². The molecule has 1 N–H and O–H groups in total. The van der Waals surface area contributed by atoms with Gasteiger partial charge in [-0.1, -0.05) is 6.92 Å². The SMILES string of the molecule is CCS(=O)(=O)c1nn2c(C(=O)NC3(C#N)CC3)ccnc2c1-c1nc2cc(C(F)(F)F)ncc2n1C. The zero-order chi connectivity index (χ0) is 26.0. The van der Waals surface area contributed by atoms with Crippen molar-refractivity contribution in [2.24, 2.45) is 7.05 Å². The van der Waals surface area contributed by atoms with Gasteiger partial charge in [-0.2, -0.15) is 23.5 Å². The minimum absolute atomic E-state index is 0.0195. The molecule has 1 aliphatic rings. The van der Waals surface area contributed by atoms with E-state index >= 15 is 0 Å². The third-order valence-electron chi connectivity index (χ3n) is 5.99. The average Bonchev–Trinajstić information content (AvgIpc) is 3.38. The summed E-state index contributed by atoms with van der Waals surface area (Å²) in [5.74, 6) is -1.01. The normalized spacial score (nSPS) is 15.2. The van der Waals surface area contributed by atoms with Gasteiger partial charge in [-0.15, -0.1) is 0 Å². The molecule has 1 aliphatic carbocycles. The number of nitrogens with zero attached hydrogens (tertiary/aromatic N) is 7. The molecule has 0 radical (unpaired) electrons. The van der Waals surface area contributed by atoms with E-state index in [1.165, 1.54) is 30.8 Å². The summed E-state index contributed by atoms with van der Waals surface area (Å²) in [4.78, 5) is 24.9. The van der Waals surface area contributed by atoms with Crippen LogP contribution in [0.3, 0.4) is 0 Å². The zero-order valence-electron chi connectivity index (χ0n) is 18.8. The van der Waals surface area contributed by atoms with Gasteiger partial charge in [0.25, 0.3) is 5.91 Å². The number of sulfone groups is 1. The highest BCUT2D eigenvalue weighted by molar-refractivity contribution is 7.91. The monoisotopic (exact) mass is 518 g/mol. The van der Waals surface area contributed by atoms with Crippen molar-refractivity contribution in [3.8, 4) is 17.5 Å². The highest BCUT2D eigenvalue weighted by atomic mass is 32.2. The molecule has 0 atom stereocenters. The summed E-state index contributed by atoms with van der Waals surface area (Å²) < 4.78 is 68.0. The van der Waals surface area contributed by atoms with Gasteiger partial charge in [0.2, 0.25) is 0 Å². The average molecular weight is 518 g/mol. The van der Waals surface area contributed by atoms with Gasteiger partial charge in [0.1, 0.15) is 28.3 Å². The molecule has 0 spiro atoms. The maximum absolute atomic E-state index is 13.2. The fourth-order valence-electron chi connectivity index (χ4n) is 3.79. The molecule has 11 nitrogen and oxygen atoms in total. The van der Waals surface area contributed by atoms with Gasteiger partial charge in [0.05, 0.1) is 29.1 Å². The number of amides is 1. The number of halogens is 3. The summed E-state index contributed by atoms with van der Waals surface area (Å²) in [6, 6.07) is 4.13. The van der Waals surface area contributed by atoms with E-state index in [1.807, 2.05) is 6.07 Å². The quantitative estimate of drug-likeness (QED) is 0.423. The van der Waals surface area contributed by atoms with Crippen LogP contribution in [0, 0.1) is 11.3 Å². The summed E-state index contributed by atoms with van der Waals surface area (Å²) in [7, 11) is -2.51. The Morgan fingerprint density at radius 3 is 2.64 bits per heavy atom. The Labute approximate surface area is 201 Å². The Morgan fingerprint density at radius 1 is 1.31 bits per heavy atom. The van der Waals surface area contributed by atoms with Crippen LogP contribution in [-0.4, -0.2) is 54.7 Å². The van der Waals surface area contributed by atoms with Crippen LogP contribution in [-0.2, 0) is 23.1 Å². The Morgan fingerprint density at radius 2 is 2.03 bits per heavy atom. The van der Waals surface area contributed by atoms with Crippen molar-refractivity contribution >= 4 is 32.4 Å². The highest BCUT2D eigenvalue weighted by Crippen LogP contribution is 2.36. The molecule has 0 unspecified atom stereocenters. The molecule has 36 heavy (non-hydrogen) atoms. The molecule has 5 rings (SSSR count). The Balaban J connectivity index is 1.76. The number of alkyl halides is 3. The van der Waals surface area contributed by atoms with Gasteiger partial charge in [0.15, 0.2) is 20.5 Å². The third kappa shape index (κ3) is 3.65. The van der Waals surface area contributed by atoms with Crippen molar-refractivity contribution in [2.45, 2.75) is 36.5 Å². The standard InChI is InChI=1S/C21H17F3N8O3S/c1-3-36(34,35)19-15(17-28-11-8-14(21(22,23)24)27-9-13(11)31(17)2)16-26-7-4-12(32(16)30-19)18(33)29-20(10-25)5-6-20/h4,7-9H,3,5-6H2,1-2H3,(H,29,33). The minimum atomic E-state index is -4.70. The van der Waals surface area contributed by atoms with Crippen LogP contribution >= 0.6 is 0 Å². The molecule has 0 aliphatic heterocycles. The van der Waals surface area contributed by atoms with E-state index < -0.39 is 38.2 Å². The van der Waals surface area contributed by atoms with Crippen LogP contribution in [0.4, 0.5) is 13.2 Å². The first-order chi connectivity index (χ1) is 16.9. The second-order valence-electron chi connectivity index (χ2n) is 8.35. The summed E-state index contributed by atoms with van der Waals surface area (Å²) >= 11 is 0. The van der Waals surface area contributed by atoms with Gasteiger partial charge in [-0.05, 0) is 25.0 Å². The number of aryl methyl sites for hydroxylation is 1. The minimum Gasteiger partial charge on any atom is -0.332 e. The second kappa shape index (κ2) is 7.72. The molecule has 15 heteroatoms. The summed E-state index contributed by atoms with van der Waals surface area (Å²) in [5, 5.41) is 15.7. The number of nitrogens with one attached hydrogen (secondary N) is 1. The Kier molecular flexibility index (Phi) is 5.08. The molecule has 1 amide bonds. The van der Waals surface area contributed by atoms with E-state index in [1.54, 1.807) is 0 Å². The van der Waals surface area contributed by atoms with Gasteiger partial charge >= 0.3 is 6.18 Å². The van der Waals surface area contributed by atoms with Crippen molar-refractivity contribution in [2.75, 3.05) is 5.75 Å². The van der Waals surface area contributed by atoms with Crippen molar-refractivity contribution in [1.29, 1.82) is 5.26 Å². The summed E-state index contributed by atoms with van der Waals surface area (Å²) in [5.41, 5.74) is -2.16. The second-order valence-corrected chi connectivity index (χ2v) is 10.5. The molecule has 186 valence electrons. The number of carbonyl (C=O) groups excluding carboxylic acids is 1. The topological polar surface area (TPSA) is 148 Å². The lowest BCUT2D eigenvalue weighted by Crippen LogP contribution is -2.36. The third-order valence-corrected chi connectivity index (χ3v) is 7.63. The molecule has 1 saturated carbocycles. The first-order valence-corrected chi connectivity index (χ1v) is 12.3. The lowest BCUT2D eigenvalue weighted by atomic mass is 10.2. The van der Waals surface area contributed by atoms with Crippen LogP contribution in [0.1, 0.15) is 35.9 Å². The molecular formula is C21H17F3N8O3S. The Bertz CT molecular complexity index is 1710. The Hall–Kier alpha value is -4.06. The van der Waals surface area contributed by atoms with Crippen molar-refractivity contribution in [1.82, 2.24) is 34.4 Å². The molecule has 1 fully saturated rings. The number of nitriles is 1. The van der Waals surface area contributed by atoms with E-state index in [9.17, 15) is 31.6 Å². The van der Waals surface area contributed by atoms with E-state index in [0.717, 1.165) is 16.8 Å². The van der Waals surface area contributed by atoms with Gasteiger partial charge < -0.3 is 9.88 Å². The largest absolute Gasteiger partial charge is 0.433 e. The molecular weight excluding hydrogens is 501 g/mol. The lowest BCUT2D eigenvalue weighted by Gasteiger charge is -2.09. The van der Waals surface area contributed by atoms with Crippen molar-refractivity contribution < 1.29 is 26.4 Å². The summed E-state index contributed by atoms with van der Waals surface area (Å²) in [6.45, 7) is 1.41. The molecule has 4 aromatic rings. The maximum Gasteiger partial charge on any atom is 0.433 e. The zero-order valence-corrected chi connectivity index (χ0v) is 19.6. The smallest absolute Gasteiger partial charge is 0.332 e. The van der Waals surface area contributed by atoms with E-state index in [-0.39, 0.29) is 39.5 Å². The number of hydrogen-bond acceptors (Lipinski definition) is 8. The molecule has 4 heterocycles. The fourth-order valence-corrected chi connectivity index (χ4v) is 4.76. The molecule has 0 bridgehead atoms. The highest BCUT2D eigenvalue weighted by Gasteiger charge is 2.45.